The summed E-state index contributed by atoms with van der Waals surface area (Å²) in [5, 5.41) is 9.04. The molecule has 0 spiro atoms. The number of aromatic hydroxyl groups is 1. The van der Waals surface area contributed by atoms with E-state index in [1.165, 1.54) is 0 Å². The first-order valence-corrected chi connectivity index (χ1v) is 3.93. The van der Waals surface area contributed by atoms with E-state index in [0.29, 0.717) is 10.6 Å². The molecule has 0 radical (unpaired) electrons. The second kappa shape index (κ2) is 3.21. The van der Waals surface area contributed by atoms with Gasteiger partial charge >= 0.3 is 0 Å². The minimum absolute atomic E-state index is 0.217. The van der Waals surface area contributed by atoms with Crippen molar-refractivity contribution in [2.45, 2.75) is 10.6 Å². The summed E-state index contributed by atoms with van der Waals surface area (Å²) in [4.78, 5) is 0.603. The van der Waals surface area contributed by atoms with E-state index in [4.69, 9.17) is 5.11 Å². The molecule has 0 aliphatic carbocycles. The molecule has 0 aromatic heterocycles. The molecule has 0 unspecified atom stereocenters. The highest BCUT2D eigenvalue weighted by atomic mass is 32.1. The Kier molecular flexibility index (Phi) is 2.51. The van der Waals surface area contributed by atoms with E-state index in [1.54, 1.807) is 12.1 Å². The Hall–Kier alpha value is -0.280. The highest BCUT2D eigenvalue weighted by molar-refractivity contribution is 7.80. The second-order valence-electron chi connectivity index (χ2n) is 1.98. The van der Waals surface area contributed by atoms with Gasteiger partial charge in [-0.1, -0.05) is 6.07 Å². The lowest BCUT2D eigenvalue weighted by molar-refractivity contribution is 0.462. The van der Waals surface area contributed by atoms with E-state index in [2.05, 4.69) is 25.3 Å². The molecule has 1 aromatic carbocycles. The summed E-state index contributed by atoms with van der Waals surface area (Å²) in [5.74, 6) is 0.891. The highest BCUT2D eigenvalue weighted by Gasteiger charge is 1.95. The van der Waals surface area contributed by atoms with Gasteiger partial charge in [0, 0.05) is 10.6 Å². The normalized spacial score (nSPS) is 9.80. The average molecular weight is 172 g/mol. The average Bonchev–Trinajstić information content (AvgIpc) is 1.95. The van der Waals surface area contributed by atoms with Crippen LogP contribution in [0.5, 0.6) is 5.75 Å². The van der Waals surface area contributed by atoms with Gasteiger partial charge in [-0.2, -0.15) is 12.6 Å². The zero-order valence-corrected chi connectivity index (χ0v) is 7.07. The van der Waals surface area contributed by atoms with Crippen molar-refractivity contribution < 1.29 is 5.11 Å². The molecular formula is C7H8OS2. The smallest absolute Gasteiger partial charge is 0.128 e. The summed E-state index contributed by atoms with van der Waals surface area (Å²) in [6, 6.07) is 5.24. The van der Waals surface area contributed by atoms with Crippen molar-refractivity contribution in [1.29, 1.82) is 0 Å². The van der Waals surface area contributed by atoms with E-state index in [0.717, 1.165) is 5.56 Å². The zero-order chi connectivity index (χ0) is 7.56. The Morgan fingerprint density at radius 1 is 1.40 bits per heavy atom. The van der Waals surface area contributed by atoms with Gasteiger partial charge in [-0.15, -0.1) is 12.6 Å². The number of benzene rings is 1. The van der Waals surface area contributed by atoms with Crippen LogP contribution in [0.25, 0.3) is 0 Å². The number of thiol groups is 2. The van der Waals surface area contributed by atoms with E-state index in [1.807, 2.05) is 6.07 Å². The molecule has 3 heteroatoms. The Morgan fingerprint density at radius 2 is 2.10 bits per heavy atom. The Morgan fingerprint density at radius 3 is 2.60 bits per heavy atom. The first kappa shape index (κ1) is 7.82. The van der Waals surface area contributed by atoms with Gasteiger partial charge in [0.15, 0.2) is 0 Å². The van der Waals surface area contributed by atoms with Gasteiger partial charge in [0.2, 0.25) is 0 Å². The summed E-state index contributed by atoms with van der Waals surface area (Å²) in [7, 11) is 0. The van der Waals surface area contributed by atoms with Crippen LogP contribution < -0.4 is 0 Å². The lowest BCUT2D eigenvalue weighted by Gasteiger charge is -1.98. The van der Waals surface area contributed by atoms with E-state index < -0.39 is 0 Å². The monoisotopic (exact) mass is 172 g/mol. The van der Waals surface area contributed by atoms with Crippen LogP contribution in [-0.2, 0) is 5.75 Å². The van der Waals surface area contributed by atoms with Crippen LogP contribution in [0.3, 0.4) is 0 Å². The molecule has 0 aliphatic heterocycles. The van der Waals surface area contributed by atoms with Crippen LogP contribution in [0.4, 0.5) is 0 Å². The summed E-state index contributed by atoms with van der Waals surface area (Å²) in [5.41, 5.74) is 1.06. The molecule has 0 bridgehead atoms. The van der Waals surface area contributed by atoms with Crippen LogP contribution in [0.1, 0.15) is 5.56 Å². The third-order valence-electron chi connectivity index (χ3n) is 1.22. The quantitative estimate of drug-likeness (QED) is 0.554. The van der Waals surface area contributed by atoms with Crippen LogP contribution in [0.2, 0.25) is 0 Å². The minimum Gasteiger partial charge on any atom is -0.507 e. The zero-order valence-electron chi connectivity index (χ0n) is 5.28. The third-order valence-corrected chi connectivity index (χ3v) is 1.95. The molecule has 0 saturated heterocycles. The van der Waals surface area contributed by atoms with Crippen LogP contribution >= 0.6 is 25.3 Å². The van der Waals surface area contributed by atoms with Gasteiger partial charge in [-0.25, -0.2) is 0 Å². The SMILES string of the molecule is Oc1ccc(CS)cc1S. The Labute approximate surface area is 70.9 Å². The molecule has 54 valence electrons. The first-order valence-electron chi connectivity index (χ1n) is 2.86. The topological polar surface area (TPSA) is 20.2 Å². The minimum atomic E-state index is 0.217. The number of hydrogen-bond donors (Lipinski definition) is 3. The number of hydrogen-bond acceptors (Lipinski definition) is 3. The molecule has 0 saturated carbocycles. The van der Waals surface area contributed by atoms with Crippen molar-refractivity contribution >= 4 is 25.3 Å². The van der Waals surface area contributed by atoms with Gasteiger partial charge in [0.05, 0.1) is 0 Å². The van der Waals surface area contributed by atoms with Gasteiger partial charge in [0.25, 0.3) is 0 Å². The molecule has 0 amide bonds. The van der Waals surface area contributed by atoms with E-state index in [-0.39, 0.29) is 5.75 Å². The van der Waals surface area contributed by atoms with Gasteiger partial charge in [-0.3, -0.25) is 0 Å². The number of phenols is 1. The summed E-state index contributed by atoms with van der Waals surface area (Å²) in [6.45, 7) is 0. The van der Waals surface area contributed by atoms with Crippen LogP contribution in [0, 0.1) is 0 Å². The molecule has 0 fully saturated rings. The van der Waals surface area contributed by atoms with Gasteiger partial charge in [0.1, 0.15) is 5.75 Å². The molecule has 1 N–H and O–H groups in total. The van der Waals surface area contributed by atoms with Crippen molar-refractivity contribution in [2.75, 3.05) is 0 Å². The van der Waals surface area contributed by atoms with E-state index >= 15 is 0 Å². The van der Waals surface area contributed by atoms with Crippen LogP contribution in [0.15, 0.2) is 23.1 Å². The predicted octanol–water partition coefficient (Wildman–Crippen LogP) is 2.11. The number of rotatable bonds is 1. The molecule has 1 nitrogen and oxygen atoms in total. The fraction of sp³-hybridized carbons (Fsp3) is 0.143. The molecule has 10 heavy (non-hydrogen) atoms. The van der Waals surface area contributed by atoms with Crippen molar-refractivity contribution in [3.63, 3.8) is 0 Å². The van der Waals surface area contributed by atoms with Gasteiger partial charge in [-0.05, 0) is 17.7 Å². The fourth-order valence-corrected chi connectivity index (χ4v) is 1.10. The first-order chi connectivity index (χ1) is 4.74. The predicted molar refractivity (Wildman–Crippen MR) is 48.0 cm³/mol. The lowest BCUT2D eigenvalue weighted by atomic mass is 10.2. The maximum atomic E-state index is 9.04. The van der Waals surface area contributed by atoms with E-state index in [9.17, 15) is 0 Å². The Bertz CT molecular complexity index is 235. The standard InChI is InChI=1S/C7H8OS2/c8-6-2-1-5(4-9)3-7(6)10/h1-3,8-10H,4H2. The molecular weight excluding hydrogens is 164 g/mol. The van der Waals surface area contributed by atoms with Crippen molar-refractivity contribution in [3.8, 4) is 5.75 Å². The van der Waals surface area contributed by atoms with Crippen molar-refractivity contribution in [2.24, 2.45) is 0 Å². The molecule has 0 aliphatic rings. The molecule has 0 heterocycles. The van der Waals surface area contributed by atoms with Crippen molar-refractivity contribution in [1.82, 2.24) is 0 Å². The van der Waals surface area contributed by atoms with Crippen molar-refractivity contribution in [3.05, 3.63) is 23.8 Å². The highest BCUT2D eigenvalue weighted by Crippen LogP contribution is 2.22. The molecule has 1 aromatic rings. The Balaban J connectivity index is 3.04. The number of phenolic OH excluding ortho intramolecular Hbond substituents is 1. The summed E-state index contributed by atoms with van der Waals surface area (Å²) in [6.07, 6.45) is 0. The maximum Gasteiger partial charge on any atom is 0.128 e. The van der Waals surface area contributed by atoms with Gasteiger partial charge < -0.3 is 5.11 Å². The third kappa shape index (κ3) is 1.61. The largest absolute Gasteiger partial charge is 0.507 e. The fourth-order valence-electron chi connectivity index (χ4n) is 0.667. The van der Waals surface area contributed by atoms with Crippen LogP contribution in [-0.4, -0.2) is 5.11 Å². The summed E-state index contributed by atoms with van der Waals surface area (Å²) >= 11 is 8.11. The maximum absolute atomic E-state index is 9.04. The second-order valence-corrected chi connectivity index (χ2v) is 2.78. The summed E-state index contributed by atoms with van der Waals surface area (Å²) < 4.78 is 0. The lowest BCUT2D eigenvalue weighted by Crippen LogP contribution is -1.77. The molecule has 0 atom stereocenters. The molecule has 1 rings (SSSR count).